The maximum Gasteiger partial charge on any atom is 0.325 e. The number of likely N-dealkylation sites (N-methyl/N-ethyl adjacent to an activating group) is 1. The summed E-state index contributed by atoms with van der Waals surface area (Å²) >= 11 is 0. The van der Waals surface area contributed by atoms with Crippen LogP contribution in [-0.4, -0.2) is 135 Å². The Morgan fingerprint density at radius 2 is 1.70 bits per heavy atom. The fourth-order valence-corrected chi connectivity index (χ4v) is 9.34. The fourth-order valence-electron chi connectivity index (χ4n) is 9.34. The van der Waals surface area contributed by atoms with Crippen molar-refractivity contribution in [3.63, 3.8) is 0 Å². The minimum absolute atomic E-state index is 0.0352. The second kappa shape index (κ2) is 22.4. The van der Waals surface area contributed by atoms with Crippen LogP contribution in [0, 0.1) is 5.41 Å². The van der Waals surface area contributed by atoms with Gasteiger partial charge in [-0.1, -0.05) is 60.7 Å². The Balaban J connectivity index is 1.17. The number of guanidine groups is 1. The van der Waals surface area contributed by atoms with Gasteiger partial charge in [0.25, 0.3) is 5.91 Å². The van der Waals surface area contributed by atoms with E-state index in [2.05, 4.69) is 52.2 Å². The number of aromatic amines is 2. The third-order valence-corrected chi connectivity index (χ3v) is 12.9. The highest BCUT2D eigenvalue weighted by atomic mass is 16.2. The van der Waals surface area contributed by atoms with E-state index in [0.29, 0.717) is 30.4 Å². The van der Waals surface area contributed by atoms with Crippen molar-refractivity contribution in [1.29, 1.82) is 5.41 Å². The largest absolute Gasteiger partial charge is 0.370 e. The zero-order valence-electron chi connectivity index (χ0n) is 38.5. The Hall–Kier alpha value is -7.98. The number of Topliss-reactive ketones (excluding diaryl/α,β-unsaturated/α-hetero) is 1. The minimum Gasteiger partial charge on any atom is -0.370 e. The molecule has 1 unspecified atom stereocenters. The molecule has 2 aliphatic heterocycles. The zero-order valence-corrected chi connectivity index (χ0v) is 38.5. The van der Waals surface area contributed by atoms with Gasteiger partial charge in [-0.2, -0.15) is 0 Å². The quantitative estimate of drug-likeness (QED) is 0.0227. The number of imide groups is 1. The van der Waals surface area contributed by atoms with E-state index in [9.17, 15) is 33.6 Å². The molecule has 22 nitrogen and oxygen atoms in total. The van der Waals surface area contributed by atoms with E-state index in [4.69, 9.17) is 16.9 Å². The number of hydrogen-bond donors (Lipinski definition) is 12. The second-order valence-corrected chi connectivity index (χ2v) is 17.6. The van der Waals surface area contributed by atoms with Crippen LogP contribution in [0.1, 0.15) is 48.9 Å². The summed E-state index contributed by atoms with van der Waals surface area (Å²) in [4.78, 5) is 123. The molecule has 0 radical (unpaired) electrons. The summed E-state index contributed by atoms with van der Waals surface area (Å²) in [6, 6.07) is 11.8. The third-order valence-electron chi connectivity index (χ3n) is 12.9. The van der Waals surface area contributed by atoms with Crippen LogP contribution in [0.3, 0.4) is 0 Å². The van der Waals surface area contributed by atoms with E-state index in [0.717, 1.165) is 32.1 Å². The van der Waals surface area contributed by atoms with Gasteiger partial charge in [-0.3, -0.25) is 34.2 Å². The van der Waals surface area contributed by atoms with Gasteiger partial charge in [0.1, 0.15) is 42.0 Å². The van der Waals surface area contributed by atoms with Crippen molar-refractivity contribution in [3.8, 4) is 0 Å². The van der Waals surface area contributed by atoms with Crippen LogP contribution in [0.25, 0.3) is 21.7 Å². The number of primary amides is 1. The molecule has 4 heterocycles. The topological polar surface area (TPSA) is 344 Å². The highest BCUT2D eigenvalue weighted by molar-refractivity contribution is 6.10. The number of carbonyl (C=O) groups is 8. The summed E-state index contributed by atoms with van der Waals surface area (Å²) in [5.74, 6) is -5.15. The molecule has 368 valence electrons. The molecule has 7 atom stereocenters. The Labute approximate surface area is 402 Å². The number of fused-ring (bicyclic) bond motifs is 2. The molecule has 14 N–H and O–H groups in total. The van der Waals surface area contributed by atoms with Crippen molar-refractivity contribution in [2.75, 3.05) is 20.1 Å². The predicted molar refractivity (Wildman–Crippen MR) is 258 cm³/mol. The number of imidazole rings is 1. The maximum atomic E-state index is 15.2. The van der Waals surface area contributed by atoms with Gasteiger partial charge in [-0.15, -0.1) is 0 Å². The molecule has 0 saturated carbocycles. The molecule has 70 heavy (non-hydrogen) atoms. The summed E-state index contributed by atoms with van der Waals surface area (Å²) in [5, 5.41) is 30.2. The van der Waals surface area contributed by atoms with Crippen LogP contribution in [0.4, 0.5) is 4.79 Å². The Morgan fingerprint density at radius 1 is 0.929 bits per heavy atom. The van der Waals surface area contributed by atoms with E-state index in [1.165, 1.54) is 19.6 Å². The molecular formula is C48H58N14O8. The number of nitrogens with zero attached hydrogens (tertiary/aromatic N) is 2. The first-order valence-corrected chi connectivity index (χ1v) is 23.0. The average Bonchev–Trinajstić information content (AvgIpc) is 4.08. The van der Waals surface area contributed by atoms with Gasteiger partial charge in [-0.05, 0) is 73.7 Å². The van der Waals surface area contributed by atoms with E-state index >= 15 is 4.79 Å². The molecule has 2 aromatic heterocycles. The summed E-state index contributed by atoms with van der Waals surface area (Å²) in [7, 11) is 1.44. The molecule has 0 bridgehead atoms. The molecule has 0 spiro atoms. The van der Waals surface area contributed by atoms with Crippen molar-refractivity contribution in [3.05, 3.63) is 102 Å². The predicted octanol–water partition coefficient (Wildman–Crippen LogP) is -0.568. The number of hydrogen-bond acceptors (Lipinski definition) is 12. The summed E-state index contributed by atoms with van der Waals surface area (Å²) in [6.07, 6.45) is 4.85. The number of carbonyl (C=O) groups excluding carboxylic acids is 8. The number of nitrogens with two attached hydrogens (primary N) is 2. The van der Waals surface area contributed by atoms with Crippen molar-refractivity contribution >= 4 is 75.3 Å². The van der Waals surface area contributed by atoms with Crippen molar-refractivity contribution in [2.24, 2.45) is 11.5 Å². The van der Waals surface area contributed by atoms with Gasteiger partial charge in [0.2, 0.25) is 23.6 Å². The zero-order chi connectivity index (χ0) is 50.0. The fraction of sp³-hybridized carbons (Fsp3) is 0.375. The highest BCUT2D eigenvalue weighted by Crippen LogP contribution is 2.26. The lowest BCUT2D eigenvalue weighted by Gasteiger charge is -2.40. The second-order valence-electron chi connectivity index (χ2n) is 17.6. The van der Waals surface area contributed by atoms with E-state index in [1.807, 2.05) is 66.7 Å². The molecule has 22 heteroatoms. The Bertz CT molecular complexity index is 2760. The summed E-state index contributed by atoms with van der Waals surface area (Å²) in [6.45, 7) is -0.0424. The Morgan fingerprint density at radius 3 is 2.43 bits per heavy atom. The SMILES string of the molecule is CN[C@@H]1C(=O)N[C@@H](Cc2c[nH]c3ccccc23)C(=O)N[C@H](C(N)=O)CCCCNC1(CCNC(=N)N)C(=O)C[C@@H]1NC(=O)N([C@@H](Cc2cnc[nH]2)C(=O)N[C@@H](C=O)Cc2ccc3ccccc3c2)C1=O. The number of H-pyrrole nitrogens is 2. The number of nitrogens with one attached hydrogen (secondary N) is 10. The van der Waals surface area contributed by atoms with E-state index in [1.54, 1.807) is 6.20 Å². The number of urea groups is 1. The van der Waals surface area contributed by atoms with Crippen LogP contribution in [-0.2, 0) is 52.8 Å². The highest BCUT2D eigenvalue weighted by Gasteiger charge is 2.52. The van der Waals surface area contributed by atoms with Gasteiger partial charge in [0, 0.05) is 54.8 Å². The lowest BCUT2D eigenvalue weighted by Crippen LogP contribution is -2.71. The van der Waals surface area contributed by atoms with Gasteiger partial charge >= 0.3 is 6.03 Å². The monoisotopic (exact) mass is 958 g/mol. The van der Waals surface area contributed by atoms with Gasteiger partial charge in [0.05, 0.1) is 12.4 Å². The van der Waals surface area contributed by atoms with Crippen LogP contribution < -0.4 is 48.7 Å². The van der Waals surface area contributed by atoms with Crippen LogP contribution in [0.15, 0.2) is 85.5 Å². The van der Waals surface area contributed by atoms with Crippen LogP contribution in [0.2, 0.25) is 0 Å². The van der Waals surface area contributed by atoms with E-state index in [-0.39, 0.29) is 45.2 Å². The number of benzene rings is 3. The molecule has 7 amide bonds. The van der Waals surface area contributed by atoms with Crippen LogP contribution in [0.5, 0.6) is 0 Å². The lowest BCUT2D eigenvalue weighted by atomic mass is 9.78. The third kappa shape index (κ3) is 11.5. The summed E-state index contributed by atoms with van der Waals surface area (Å²) in [5.41, 5.74) is 12.1. The van der Waals surface area contributed by atoms with Gasteiger partial charge < -0.3 is 63.4 Å². The normalized spacial score (nSPS) is 22.1. The molecule has 2 aliphatic rings. The standard InChI is InChI=1S/C48H58N14O8/c1-52-40-44(68)60-36(20-30-23-55-34-11-5-4-10-33(30)34)42(66)59-35(41(49)65)12-6-7-16-57-48(40,15-17-54-46(50)51)39(64)22-37-45(69)62(47(70)61-37)38(21-31-24-53-26-56-31)43(67)58-32(25-63)19-27-13-14-28-8-2-3-9-29(28)18-27/h2-5,8-11,13-14,18,23-26,32,35-38,40,52,55,57H,6-7,12,15-17,19-22H2,1H3,(H2,49,65)(H,53,56)(H,58,67)(H,59,66)(H,60,68)(H,61,70)(H4,50,51,54)/t32-,35+,36+,37+,38+,40-,48?/m1/s1. The Kier molecular flexibility index (Phi) is 16.0. The van der Waals surface area contributed by atoms with Crippen molar-refractivity contribution < 1.29 is 38.4 Å². The number of aromatic nitrogens is 3. The van der Waals surface area contributed by atoms with Crippen molar-refractivity contribution in [2.45, 2.75) is 93.2 Å². The van der Waals surface area contributed by atoms with Crippen molar-refractivity contribution in [1.82, 2.24) is 57.1 Å². The average molecular weight is 959 g/mol. The molecule has 2 fully saturated rings. The first kappa shape index (κ1) is 49.9. The smallest absolute Gasteiger partial charge is 0.325 e. The first-order chi connectivity index (χ1) is 33.7. The number of ketones is 1. The van der Waals surface area contributed by atoms with Gasteiger partial charge in [-0.25, -0.2) is 14.7 Å². The minimum atomic E-state index is -1.91. The maximum absolute atomic E-state index is 15.2. The number of rotatable bonds is 18. The molecule has 0 aliphatic carbocycles. The number of amides is 7. The molecule has 3 aromatic carbocycles. The van der Waals surface area contributed by atoms with Crippen LogP contribution >= 0.6 is 0 Å². The molecule has 2 saturated heterocycles. The first-order valence-electron chi connectivity index (χ1n) is 23.0. The lowest BCUT2D eigenvalue weighted by molar-refractivity contribution is -0.139. The number of aldehydes is 1. The van der Waals surface area contributed by atoms with E-state index < -0.39 is 95.5 Å². The molecular weight excluding hydrogens is 901 g/mol. The molecule has 5 aromatic rings. The molecule has 7 rings (SSSR count). The number of para-hydroxylation sites is 1. The summed E-state index contributed by atoms with van der Waals surface area (Å²) < 4.78 is 0. The van der Waals surface area contributed by atoms with Gasteiger partial charge in [0.15, 0.2) is 11.7 Å².